The van der Waals surface area contributed by atoms with Crippen molar-refractivity contribution in [2.75, 3.05) is 6.61 Å². The summed E-state index contributed by atoms with van der Waals surface area (Å²) in [7, 11) is 0. The van der Waals surface area contributed by atoms with Gasteiger partial charge in [-0.1, -0.05) is 0 Å². The number of carbonyl (C=O) groups excluding carboxylic acids is 1. The fraction of sp³-hybridized carbons (Fsp3) is 0.167. The second-order valence-electron chi connectivity index (χ2n) is 3.60. The van der Waals surface area contributed by atoms with Crippen LogP contribution in [0, 0.1) is 0 Å². The lowest BCUT2D eigenvalue weighted by Crippen LogP contribution is -2.04. The Labute approximate surface area is 108 Å². The third-order valence-electron chi connectivity index (χ3n) is 2.32. The molecule has 0 aromatic carbocycles. The fourth-order valence-corrected chi connectivity index (χ4v) is 1.42. The van der Waals surface area contributed by atoms with Crippen LogP contribution in [0.15, 0.2) is 24.5 Å². The van der Waals surface area contributed by atoms with Crippen molar-refractivity contribution < 1.29 is 19.4 Å². The summed E-state index contributed by atoms with van der Waals surface area (Å²) in [6.45, 7) is 1.99. The largest absolute Gasteiger partial charge is 0.478 e. The average Bonchev–Trinajstić information content (AvgIpc) is 2.89. The first-order valence-corrected chi connectivity index (χ1v) is 5.53. The quantitative estimate of drug-likeness (QED) is 0.805. The van der Waals surface area contributed by atoms with Crippen molar-refractivity contribution in [3.63, 3.8) is 0 Å². The second kappa shape index (κ2) is 5.30. The van der Waals surface area contributed by atoms with Gasteiger partial charge in [0.15, 0.2) is 5.82 Å². The summed E-state index contributed by atoms with van der Waals surface area (Å²) in [6, 6.07) is 2.93. The van der Waals surface area contributed by atoms with Gasteiger partial charge in [-0.3, -0.25) is 4.98 Å². The number of aromatic carboxylic acids is 1. The maximum Gasteiger partial charge on any atom is 0.356 e. The Kier molecular flexibility index (Phi) is 3.56. The zero-order valence-corrected chi connectivity index (χ0v) is 10.1. The van der Waals surface area contributed by atoms with Gasteiger partial charge in [0.25, 0.3) is 0 Å². The maximum atomic E-state index is 11.4. The molecule has 98 valence electrons. The molecule has 0 unspecified atom stereocenters. The Morgan fingerprint density at radius 1 is 1.32 bits per heavy atom. The SMILES string of the molecule is CCOC(=O)c1cnc(-c2ccc(C(=O)O)cn2)[nH]1. The van der Waals surface area contributed by atoms with E-state index >= 15 is 0 Å². The second-order valence-corrected chi connectivity index (χ2v) is 3.60. The van der Waals surface area contributed by atoms with E-state index in [1.807, 2.05) is 0 Å². The molecule has 0 aliphatic rings. The van der Waals surface area contributed by atoms with Crippen LogP contribution in [0.25, 0.3) is 11.5 Å². The minimum Gasteiger partial charge on any atom is -0.478 e. The van der Waals surface area contributed by atoms with Crippen molar-refractivity contribution in [2.24, 2.45) is 0 Å². The normalized spacial score (nSPS) is 10.2. The van der Waals surface area contributed by atoms with Gasteiger partial charge in [-0.15, -0.1) is 0 Å². The Balaban J connectivity index is 2.23. The van der Waals surface area contributed by atoms with Gasteiger partial charge in [-0.25, -0.2) is 14.6 Å². The van der Waals surface area contributed by atoms with E-state index in [0.29, 0.717) is 11.5 Å². The zero-order valence-electron chi connectivity index (χ0n) is 10.1. The van der Waals surface area contributed by atoms with Gasteiger partial charge in [0.05, 0.1) is 18.4 Å². The van der Waals surface area contributed by atoms with Crippen molar-refractivity contribution in [1.82, 2.24) is 15.0 Å². The summed E-state index contributed by atoms with van der Waals surface area (Å²) < 4.78 is 4.82. The predicted octanol–water partition coefficient (Wildman–Crippen LogP) is 1.35. The number of rotatable bonds is 4. The smallest absolute Gasteiger partial charge is 0.356 e. The number of hydrogen-bond acceptors (Lipinski definition) is 5. The number of carboxylic acid groups (broad SMARTS) is 1. The lowest BCUT2D eigenvalue weighted by molar-refractivity contribution is 0.0519. The van der Waals surface area contributed by atoms with E-state index in [9.17, 15) is 9.59 Å². The maximum absolute atomic E-state index is 11.4. The van der Waals surface area contributed by atoms with Gasteiger partial charge in [0.2, 0.25) is 0 Å². The molecule has 7 heteroatoms. The van der Waals surface area contributed by atoms with Crippen LogP contribution in [0.4, 0.5) is 0 Å². The van der Waals surface area contributed by atoms with Crippen LogP contribution in [-0.4, -0.2) is 38.6 Å². The Morgan fingerprint density at radius 3 is 2.68 bits per heavy atom. The Bertz CT molecular complexity index is 604. The van der Waals surface area contributed by atoms with Crippen LogP contribution in [0.3, 0.4) is 0 Å². The molecule has 0 fully saturated rings. The van der Waals surface area contributed by atoms with Crippen molar-refractivity contribution in [2.45, 2.75) is 6.92 Å². The number of imidazole rings is 1. The molecular formula is C12H11N3O4. The monoisotopic (exact) mass is 261 g/mol. The summed E-state index contributed by atoms with van der Waals surface area (Å²) in [5, 5.41) is 8.76. The number of H-pyrrole nitrogens is 1. The molecule has 19 heavy (non-hydrogen) atoms. The number of esters is 1. The van der Waals surface area contributed by atoms with E-state index in [2.05, 4.69) is 15.0 Å². The molecular weight excluding hydrogens is 250 g/mol. The van der Waals surface area contributed by atoms with E-state index in [4.69, 9.17) is 9.84 Å². The predicted molar refractivity (Wildman–Crippen MR) is 64.7 cm³/mol. The van der Waals surface area contributed by atoms with Crippen molar-refractivity contribution >= 4 is 11.9 Å². The Hall–Kier alpha value is -2.70. The van der Waals surface area contributed by atoms with Crippen LogP contribution in [-0.2, 0) is 4.74 Å². The van der Waals surface area contributed by atoms with E-state index in [1.54, 1.807) is 6.92 Å². The number of nitrogens with one attached hydrogen (secondary N) is 1. The molecule has 2 N–H and O–H groups in total. The number of ether oxygens (including phenoxy) is 1. The van der Waals surface area contributed by atoms with Gasteiger partial charge in [-0.2, -0.15) is 0 Å². The molecule has 7 nitrogen and oxygen atoms in total. The molecule has 0 atom stereocenters. The summed E-state index contributed by atoms with van der Waals surface area (Å²) in [6.07, 6.45) is 2.57. The highest BCUT2D eigenvalue weighted by Gasteiger charge is 2.12. The standard InChI is InChI=1S/C12H11N3O4/c1-2-19-12(18)9-6-14-10(15-9)8-4-3-7(5-13-8)11(16)17/h3-6H,2H2,1H3,(H,14,15)(H,16,17). The third kappa shape index (κ3) is 2.76. The van der Waals surface area contributed by atoms with Gasteiger partial charge >= 0.3 is 11.9 Å². The first kappa shape index (κ1) is 12.7. The molecule has 2 rings (SSSR count). The van der Waals surface area contributed by atoms with Crippen molar-refractivity contribution in [3.8, 4) is 11.5 Å². The number of carboxylic acids is 1. The van der Waals surface area contributed by atoms with Crippen molar-refractivity contribution in [1.29, 1.82) is 0 Å². The average molecular weight is 261 g/mol. The van der Waals surface area contributed by atoms with E-state index in [1.165, 1.54) is 24.5 Å². The molecule has 0 aliphatic heterocycles. The molecule has 0 bridgehead atoms. The molecule has 0 amide bonds. The van der Waals surface area contributed by atoms with Crippen LogP contribution < -0.4 is 0 Å². The van der Waals surface area contributed by atoms with Crippen molar-refractivity contribution in [3.05, 3.63) is 35.8 Å². The summed E-state index contributed by atoms with van der Waals surface area (Å²) in [5.41, 5.74) is 0.752. The molecule has 2 heterocycles. The van der Waals surface area contributed by atoms with E-state index in [-0.39, 0.29) is 17.9 Å². The minimum atomic E-state index is -1.05. The van der Waals surface area contributed by atoms with Gasteiger partial charge in [0.1, 0.15) is 11.4 Å². The number of aromatic nitrogens is 3. The topological polar surface area (TPSA) is 105 Å². The van der Waals surface area contributed by atoms with Gasteiger partial charge < -0.3 is 14.8 Å². The molecule has 0 radical (unpaired) electrons. The third-order valence-corrected chi connectivity index (χ3v) is 2.32. The molecule has 0 saturated carbocycles. The molecule has 0 saturated heterocycles. The fourth-order valence-electron chi connectivity index (χ4n) is 1.42. The van der Waals surface area contributed by atoms with E-state index in [0.717, 1.165) is 0 Å². The summed E-state index contributed by atoms with van der Waals surface area (Å²) >= 11 is 0. The van der Waals surface area contributed by atoms with Crippen LogP contribution in [0.1, 0.15) is 27.8 Å². The first-order chi connectivity index (χ1) is 9.11. The number of carbonyl (C=O) groups is 2. The first-order valence-electron chi connectivity index (χ1n) is 5.53. The van der Waals surface area contributed by atoms with Gasteiger partial charge in [0, 0.05) is 6.20 Å². The highest BCUT2D eigenvalue weighted by atomic mass is 16.5. The molecule has 2 aromatic heterocycles. The summed E-state index contributed by atoms with van der Waals surface area (Å²) in [4.78, 5) is 32.9. The van der Waals surface area contributed by atoms with Crippen LogP contribution in [0.2, 0.25) is 0 Å². The highest BCUT2D eigenvalue weighted by molar-refractivity contribution is 5.88. The number of nitrogens with zero attached hydrogens (tertiary/aromatic N) is 2. The van der Waals surface area contributed by atoms with Crippen LogP contribution in [0.5, 0.6) is 0 Å². The number of aromatic amines is 1. The number of hydrogen-bond donors (Lipinski definition) is 2. The molecule has 0 spiro atoms. The van der Waals surface area contributed by atoms with E-state index < -0.39 is 11.9 Å². The zero-order chi connectivity index (χ0) is 13.8. The minimum absolute atomic E-state index is 0.0842. The lowest BCUT2D eigenvalue weighted by atomic mass is 10.2. The molecule has 0 aliphatic carbocycles. The summed E-state index contributed by atoms with van der Waals surface area (Å²) in [5.74, 6) is -1.17. The van der Waals surface area contributed by atoms with Gasteiger partial charge in [-0.05, 0) is 19.1 Å². The Morgan fingerprint density at radius 2 is 2.11 bits per heavy atom. The molecule has 2 aromatic rings. The lowest BCUT2D eigenvalue weighted by Gasteiger charge is -1.98. The highest BCUT2D eigenvalue weighted by Crippen LogP contribution is 2.13. The number of pyridine rings is 1. The van der Waals surface area contributed by atoms with Crippen LogP contribution >= 0.6 is 0 Å².